The summed E-state index contributed by atoms with van der Waals surface area (Å²) in [6.07, 6.45) is 9.81. The average Bonchev–Trinajstić information content (AvgIpc) is 2.89. The standard InChI is InChI=1S/C17H25NO2S/c1-20-14-8-10-18(11-9-14)17(19)16-12-13-6-4-2-3-5-7-15(13)21-16/h12,14H,2-11H2,1H3. The molecule has 1 amide bonds. The third-order valence-electron chi connectivity index (χ3n) is 4.77. The molecule has 1 aliphatic carbocycles. The fourth-order valence-corrected chi connectivity index (χ4v) is 4.62. The van der Waals surface area contributed by atoms with E-state index in [0.717, 1.165) is 37.2 Å². The first-order chi connectivity index (χ1) is 10.3. The van der Waals surface area contributed by atoms with Crippen LogP contribution in [0.2, 0.25) is 0 Å². The number of hydrogen-bond acceptors (Lipinski definition) is 3. The summed E-state index contributed by atoms with van der Waals surface area (Å²) in [7, 11) is 1.77. The second kappa shape index (κ2) is 6.93. The molecule has 1 aromatic rings. The Kier molecular flexibility index (Phi) is 4.96. The van der Waals surface area contributed by atoms with Crippen LogP contribution >= 0.6 is 11.3 Å². The fourth-order valence-electron chi connectivity index (χ4n) is 3.40. The van der Waals surface area contributed by atoms with E-state index in [-0.39, 0.29) is 5.91 Å². The summed E-state index contributed by atoms with van der Waals surface area (Å²) in [4.78, 5) is 17.1. The Morgan fingerprint density at radius 3 is 2.62 bits per heavy atom. The summed E-state index contributed by atoms with van der Waals surface area (Å²) >= 11 is 1.74. The highest BCUT2D eigenvalue weighted by Gasteiger charge is 2.25. The zero-order valence-electron chi connectivity index (χ0n) is 12.9. The van der Waals surface area contributed by atoms with Gasteiger partial charge >= 0.3 is 0 Å². The lowest BCUT2D eigenvalue weighted by molar-refractivity contribution is 0.0353. The maximum absolute atomic E-state index is 12.7. The Morgan fingerprint density at radius 1 is 1.19 bits per heavy atom. The van der Waals surface area contributed by atoms with Gasteiger partial charge in [0, 0.05) is 25.1 Å². The largest absolute Gasteiger partial charge is 0.381 e. The van der Waals surface area contributed by atoms with Crippen molar-refractivity contribution in [3.8, 4) is 0 Å². The van der Waals surface area contributed by atoms with E-state index in [0.29, 0.717) is 6.10 Å². The average molecular weight is 307 g/mol. The van der Waals surface area contributed by atoms with Crippen LogP contribution in [-0.2, 0) is 17.6 Å². The lowest BCUT2D eigenvalue weighted by Gasteiger charge is -2.30. The van der Waals surface area contributed by atoms with Gasteiger partial charge in [-0.2, -0.15) is 0 Å². The number of amides is 1. The van der Waals surface area contributed by atoms with Gasteiger partial charge in [-0.05, 0) is 50.2 Å². The van der Waals surface area contributed by atoms with Gasteiger partial charge in [0.2, 0.25) is 0 Å². The van der Waals surface area contributed by atoms with E-state index in [9.17, 15) is 4.79 Å². The van der Waals surface area contributed by atoms with Gasteiger partial charge in [0.15, 0.2) is 0 Å². The zero-order valence-corrected chi connectivity index (χ0v) is 13.7. The molecule has 0 saturated carbocycles. The number of fused-ring (bicyclic) bond motifs is 1. The van der Waals surface area contributed by atoms with Crippen molar-refractivity contribution in [2.75, 3.05) is 20.2 Å². The molecule has 21 heavy (non-hydrogen) atoms. The Hall–Kier alpha value is -0.870. The summed E-state index contributed by atoms with van der Waals surface area (Å²) in [6.45, 7) is 1.67. The summed E-state index contributed by atoms with van der Waals surface area (Å²) in [5, 5.41) is 0. The molecule has 1 saturated heterocycles. The number of nitrogens with zero attached hydrogens (tertiary/aromatic N) is 1. The highest BCUT2D eigenvalue weighted by Crippen LogP contribution is 2.30. The quantitative estimate of drug-likeness (QED) is 0.834. The van der Waals surface area contributed by atoms with Crippen molar-refractivity contribution in [2.24, 2.45) is 0 Å². The number of methoxy groups -OCH3 is 1. The van der Waals surface area contributed by atoms with Crippen molar-refractivity contribution < 1.29 is 9.53 Å². The monoisotopic (exact) mass is 307 g/mol. The van der Waals surface area contributed by atoms with Gasteiger partial charge in [0.1, 0.15) is 0 Å². The molecule has 2 heterocycles. The zero-order chi connectivity index (χ0) is 14.7. The van der Waals surface area contributed by atoms with Gasteiger partial charge in [-0.3, -0.25) is 4.79 Å². The summed E-state index contributed by atoms with van der Waals surface area (Å²) < 4.78 is 5.38. The number of rotatable bonds is 2. The molecular formula is C17H25NO2S. The fraction of sp³-hybridized carbons (Fsp3) is 0.706. The Bertz CT molecular complexity index is 463. The Morgan fingerprint density at radius 2 is 1.90 bits per heavy atom. The molecule has 0 atom stereocenters. The van der Waals surface area contributed by atoms with Crippen molar-refractivity contribution in [2.45, 2.75) is 57.5 Å². The molecule has 0 aromatic carbocycles. The van der Waals surface area contributed by atoms with E-state index in [1.54, 1.807) is 18.4 Å². The minimum absolute atomic E-state index is 0.237. The molecule has 1 aliphatic heterocycles. The topological polar surface area (TPSA) is 29.5 Å². The molecule has 3 nitrogen and oxygen atoms in total. The molecule has 1 fully saturated rings. The van der Waals surface area contributed by atoms with Crippen LogP contribution in [0.3, 0.4) is 0 Å². The first kappa shape index (κ1) is 15.0. The van der Waals surface area contributed by atoms with Crippen LogP contribution in [0, 0.1) is 0 Å². The van der Waals surface area contributed by atoms with Gasteiger partial charge in [-0.15, -0.1) is 11.3 Å². The highest BCUT2D eigenvalue weighted by atomic mass is 32.1. The lowest BCUT2D eigenvalue weighted by atomic mass is 9.99. The van der Waals surface area contributed by atoms with Crippen LogP contribution in [0.25, 0.3) is 0 Å². The lowest BCUT2D eigenvalue weighted by Crippen LogP contribution is -2.40. The number of piperidine rings is 1. The molecule has 3 rings (SSSR count). The molecule has 116 valence electrons. The van der Waals surface area contributed by atoms with E-state index in [2.05, 4.69) is 6.07 Å². The molecule has 0 spiro atoms. The molecule has 0 N–H and O–H groups in total. The summed E-state index contributed by atoms with van der Waals surface area (Å²) in [5.74, 6) is 0.237. The SMILES string of the molecule is COC1CCN(C(=O)c2cc3c(s2)CCCCCC3)CC1. The second-order valence-electron chi connectivity index (χ2n) is 6.20. The molecule has 1 aromatic heterocycles. The van der Waals surface area contributed by atoms with Crippen molar-refractivity contribution in [1.29, 1.82) is 0 Å². The summed E-state index contributed by atoms with van der Waals surface area (Å²) in [5.41, 5.74) is 1.44. The van der Waals surface area contributed by atoms with E-state index >= 15 is 0 Å². The molecule has 4 heteroatoms. The maximum Gasteiger partial charge on any atom is 0.263 e. The highest BCUT2D eigenvalue weighted by molar-refractivity contribution is 7.14. The third kappa shape index (κ3) is 3.49. The van der Waals surface area contributed by atoms with Gasteiger partial charge in [-0.25, -0.2) is 0 Å². The predicted octanol–water partition coefficient (Wildman–Crippen LogP) is 3.66. The van der Waals surface area contributed by atoms with Crippen molar-refractivity contribution >= 4 is 17.2 Å². The van der Waals surface area contributed by atoms with Crippen molar-refractivity contribution in [3.05, 3.63) is 21.4 Å². The van der Waals surface area contributed by atoms with Crippen LogP contribution in [0.4, 0.5) is 0 Å². The Labute approximate surface area is 131 Å². The molecule has 0 radical (unpaired) electrons. The number of aryl methyl sites for hydroxylation is 2. The van der Waals surface area contributed by atoms with Gasteiger partial charge in [0.05, 0.1) is 11.0 Å². The van der Waals surface area contributed by atoms with E-state index in [1.165, 1.54) is 42.5 Å². The summed E-state index contributed by atoms with van der Waals surface area (Å²) in [6, 6.07) is 2.18. The van der Waals surface area contributed by atoms with Crippen LogP contribution in [0.1, 0.15) is 58.6 Å². The smallest absolute Gasteiger partial charge is 0.263 e. The minimum Gasteiger partial charge on any atom is -0.381 e. The minimum atomic E-state index is 0.237. The van der Waals surface area contributed by atoms with Crippen LogP contribution < -0.4 is 0 Å². The molecular weight excluding hydrogens is 282 g/mol. The maximum atomic E-state index is 12.7. The van der Waals surface area contributed by atoms with Gasteiger partial charge in [-0.1, -0.05) is 12.8 Å². The third-order valence-corrected chi connectivity index (χ3v) is 6.00. The van der Waals surface area contributed by atoms with Crippen LogP contribution in [-0.4, -0.2) is 37.1 Å². The predicted molar refractivity (Wildman–Crippen MR) is 86.1 cm³/mol. The number of thiophene rings is 1. The molecule has 0 unspecified atom stereocenters. The Balaban J connectivity index is 1.69. The first-order valence-corrected chi connectivity index (χ1v) is 9.03. The normalized spacial score (nSPS) is 20.7. The van der Waals surface area contributed by atoms with Crippen molar-refractivity contribution in [1.82, 2.24) is 4.90 Å². The molecule has 2 aliphatic rings. The number of carbonyl (C=O) groups excluding carboxylic acids is 1. The van der Waals surface area contributed by atoms with Crippen molar-refractivity contribution in [3.63, 3.8) is 0 Å². The second-order valence-corrected chi connectivity index (χ2v) is 7.34. The van der Waals surface area contributed by atoms with Gasteiger partial charge in [0.25, 0.3) is 5.91 Å². The van der Waals surface area contributed by atoms with E-state index < -0.39 is 0 Å². The number of carbonyl (C=O) groups is 1. The van der Waals surface area contributed by atoms with Crippen LogP contribution in [0.15, 0.2) is 6.07 Å². The molecule has 0 bridgehead atoms. The van der Waals surface area contributed by atoms with E-state index in [1.807, 2.05) is 4.90 Å². The first-order valence-electron chi connectivity index (χ1n) is 8.21. The van der Waals surface area contributed by atoms with Crippen LogP contribution in [0.5, 0.6) is 0 Å². The van der Waals surface area contributed by atoms with Gasteiger partial charge < -0.3 is 9.64 Å². The van der Waals surface area contributed by atoms with E-state index in [4.69, 9.17) is 4.74 Å². The number of likely N-dealkylation sites (tertiary alicyclic amines) is 1. The number of ether oxygens (including phenoxy) is 1. The number of hydrogen-bond donors (Lipinski definition) is 0.